The number of methoxy groups -OCH3 is 1. The Balaban J connectivity index is 1.39. The third-order valence-corrected chi connectivity index (χ3v) is 5.78. The minimum atomic E-state index is -0.811. The molecular formula is C30H29NO8. The first-order valence-corrected chi connectivity index (χ1v) is 12.6. The van der Waals surface area contributed by atoms with Gasteiger partial charge in [0.25, 0.3) is 5.91 Å². The Morgan fingerprint density at radius 1 is 1.03 bits per heavy atom. The predicted octanol–water partition coefficient (Wildman–Crippen LogP) is 5.51. The molecule has 0 saturated carbocycles. The molecule has 9 heteroatoms. The highest BCUT2D eigenvalue weighted by molar-refractivity contribution is 5.97. The molecule has 0 spiro atoms. The fourth-order valence-corrected chi connectivity index (χ4v) is 3.74. The molecule has 0 fully saturated rings. The maximum atomic E-state index is 12.4. The Morgan fingerprint density at radius 2 is 1.90 bits per heavy atom. The minimum absolute atomic E-state index is 0.134. The van der Waals surface area contributed by atoms with E-state index < -0.39 is 17.5 Å². The van der Waals surface area contributed by atoms with Crippen LogP contribution in [-0.2, 0) is 11.3 Å². The first-order chi connectivity index (χ1) is 19.0. The number of esters is 1. The van der Waals surface area contributed by atoms with Crippen LogP contribution in [0.4, 0.5) is 0 Å². The Kier molecular flexibility index (Phi) is 9.18. The van der Waals surface area contributed by atoms with Crippen LogP contribution in [0.3, 0.4) is 0 Å². The topological polar surface area (TPSA) is 117 Å². The number of nitrogens with one attached hydrogen (secondary N) is 1. The largest absolute Gasteiger partial charge is 0.493 e. The van der Waals surface area contributed by atoms with E-state index in [4.69, 9.17) is 23.0 Å². The third kappa shape index (κ3) is 7.38. The zero-order valence-electron chi connectivity index (χ0n) is 21.7. The molecule has 1 N–H and O–H groups in total. The predicted molar refractivity (Wildman–Crippen MR) is 145 cm³/mol. The van der Waals surface area contributed by atoms with Crippen LogP contribution in [-0.4, -0.2) is 25.6 Å². The summed E-state index contributed by atoms with van der Waals surface area (Å²) < 4.78 is 27.0. The summed E-state index contributed by atoms with van der Waals surface area (Å²) in [6.07, 6.45) is 7.55. The van der Waals surface area contributed by atoms with E-state index in [0.29, 0.717) is 29.3 Å². The van der Waals surface area contributed by atoms with E-state index in [9.17, 15) is 14.4 Å². The average Bonchev–Trinajstić information content (AvgIpc) is 3.46. The Labute approximate surface area is 225 Å². The summed E-state index contributed by atoms with van der Waals surface area (Å²) in [6.45, 7) is 2.88. The van der Waals surface area contributed by atoms with Gasteiger partial charge in [-0.05, 0) is 60.5 Å². The van der Waals surface area contributed by atoms with Crippen molar-refractivity contribution in [3.05, 3.63) is 94.2 Å². The van der Waals surface area contributed by atoms with Gasteiger partial charge in [0.2, 0.25) is 0 Å². The molecule has 0 unspecified atom stereocenters. The third-order valence-electron chi connectivity index (χ3n) is 5.78. The van der Waals surface area contributed by atoms with Crippen molar-refractivity contribution in [3.8, 4) is 17.2 Å². The van der Waals surface area contributed by atoms with E-state index in [1.54, 1.807) is 49.6 Å². The number of carbonyl (C=O) groups excluding carboxylic acids is 2. The van der Waals surface area contributed by atoms with Crippen molar-refractivity contribution in [3.63, 3.8) is 0 Å². The highest BCUT2D eigenvalue weighted by atomic mass is 16.5. The van der Waals surface area contributed by atoms with Crippen molar-refractivity contribution >= 4 is 28.9 Å². The van der Waals surface area contributed by atoms with Gasteiger partial charge in [0.15, 0.2) is 11.5 Å². The standard InChI is InChI=1S/C30H29NO8/c1-3-4-5-14-37-25-12-8-20(16-27(25)35-2)9-13-28(32)38-22-11-10-21-17-24(30(34)39-26(21)18-22)29(33)31-19-23-7-6-15-36-23/h6-13,15-18H,3-5,14,19H2,1-2H3,(H,31,33)/b13-9+. The maximum absolute atomic E-state index is 12.4. The molecule has 0 aliphatic carbocycles. The zero-order valence-corrected chi connectivity index (χ0v) is 21.7. The number of benzene rings is 2. The van der Waals surface area contributed by atoms with Crippen LogP contribution < -0.4 is 25.2 Å². The number of furan rings is 1. The number of rotatable bonds is 12. The van der Waals surface area contributed by atoms with Crippen LogP contribution in [0.5, 0.6) is 17.2 Å². The lowest BCUT2D eigenvalue weighted by atomic mass is 10.1. The SMILES string of the molecule is CCCCCOc1ccc(/C=C/C(=O)Oc2ccc3cc(C(=O)NCc4ccco4)c(=O)oc3c2)cc1OC. The molecule has 2 heterocycles. The van der Waals surface area contributed by atoms with Gasteiger partial charge in [0.05, 0.1) is 26.5 Å². The van der Waals surface area contributed by atoms with E-state index in [1.807, 2.05) is 6.07 Å². The molecule has 202 valence electrons. The fraction of sp³-hybridized carbons (Fsp3) is 0.233. The lowest BCUT2D eigenvalue weighted by molar-refractivity contribution is -0.128. The molecule has 4 aromatic rings. The smallest absolute Gasteiger partial charge is 0.349 e. The zero-order chi connectivity index (χ0) is 27.6. The molecular weight excluding hydrogens is 502 g/mol. The maximum Gasteiger partial charge on any atom is 0.349 e. The van der Waals surface area contributed by atoms with Crippen LogP contribution >= 0.6 is 0 Å². The fourth-order valence-electron chi connectivity index (χ4n) is 3.74. The molecule has 1 amide bonds. The Morgan fingerprint density at radius 3 is 2.67 bits per heavy atom. The van der Waals surface area contributed by atoms with Gasteiger partial charge in [0, 0.05) is 17.5 Å². The summed E-state index contributed by atoms with van der Waals surface area (Å²) in [5.74, 6) is 0.741. The van der Waals surface area contributed by atoms with Gasteiger partial charge in [-0.25, -0.2) is 9.59 Å². The van der Waals surface area contributed by atoms with Gasteiger partial charge in [0.1, 0.15) is 22.7 Å². The van der Waals surface area contributed by atoms with Crippen LogP contribution in [0.25, 0.3) is 17.0 Å². The van der Waals surface area contributed by atoms with E-state index in [1.165, 1.54) is 24.5 Å². The summed E-state index contributed by atoms with van der Waals surface area (Å²) >= 11 is 0. The number of ether oxygens (including phenoxy) is 3. The average molecular weight is 532 g/mol. The molecule has 0 aliphatic rings. The van der Waals surface area contributed by atoms with Gasteiger partial charge in [-0.15, -0.1) is 0 Å². The Hall–Kier alpha value is -4.79. The molecule has 9 nitrogen and oxygen atoms in total. The van der Waals surface area contributed by atoms with Crippen molar-refractivity contribution in [2.75, 3.05) is 13.7 Å². The minimum Gasteiger partial charge on any atom is -0.493 e. The van der Waals surface area contributed by atoms with E-state index in [0.717, 1.165) is 24.8 Å². The second-order valence-electron chi connectivity index (χ2n) is 8.63. The normalized spacial score (nSPS) is 11.0. The van der Waals surface area contributed by atoms with Crippen molar-refractivity contribution in [2.45, 2.75) is 32.7 Å². The van der Waals surface area contributed by atoms with E-state index in [-0.39, 0.29) is 23.4 Å². The van der Waals surface area contributed by atoms with Crippen LogP contribution in [0, 0.1) is 0 Å². The number of amides is 1. The van der Waals surface area contributed by atoms with Gasteiger partial charge in [-0.2, -0.15) is 0 Å². The molecule has 0 saturated heterocycles. The molecule has 2 aromatic carbocycles. The van der Waals surface area contributed by atoms with Crippen LogP contribution in [0.2, 0.25) is 0 Å². The quantitative estimate of drug-likeness (QED) is 0.0836. The number of carbonyl (C=O) groups is 2. The molecule has 0 aliphatic heterocycles. The van der Waals surface area contributed by atoms with Crippen LogP contribution in [0.1, 0.15) is 47.9 Å². The van der Waals surface area contributed by atoms with Crippen LogP contribution in [0.15, 0.2) is 80.6 Å². The molecule has 39 heavy (non-hydrogen) atoms. The summed E-state index contributed by atoms with van der Waals surface area (Å²) in [6, 6.07) is 14.8. The van der Waals surface area contributed by atoms with Crippen molar-refractivity contribution in [2.24, 2.45) is 0 Å². The molecule has 0 bridgehead atoms. The second-order valence-corrected chi connectivity index (χ2v) is 8.63. The van der Waals surface area contributed by atoms with Gasteiger partial charge < -0.3 is 28.4 Å². The highest BCUT2D eigenvalue weighted by Crippen LogP contribution is 2.29. The second kappa shape index (κ2) is 13.1. The summed E-state index contributed by atoms with van der Waals surface area (Å²) in [4.78, 5) is 37.2. The molecule has 4 rings (SSSR count). The first-order valence-electron chi connectivity index (χ1n) is 12.6. The molecule has 0 radical (unpaired) electrons. The number of unbranched alkanes of at least 4 members (excludes halogenated alkanes) is 2. The van der Waals surface area contributed by atoms with Crippen molar-refractivity contribution in [1.82, 2.24) is 5.32 Å². The summed E-state index contributed by atoms with van der Waals surface area (Å²) in [7, 11) is 1.56. The number of hydrogen-bond acceptors (Lipinski definition) is 8. The van der Waals surface area contributed by atoms with Gasteiger partial charge in [-0.3, -0.25) is 4.79 Å². The number of hydrogen-bond donors (Lipinski definition) is 1. The van der Waals surface area contributed by atoms with Gasteiger partial charge in [-0.1, -0.05) is 25.8 Å². The monoisotopic (exact) mass is 531 g/mol. The Bertz CT molecular complexity index is 1520. The van der Waals surface area contributed by atoms with E-state index in [2.05, 4.69) is 12.2 Å². The summed E-state index contributed by atoms with van der Waals surface area (Å²) in [5, 5.41) is 3.11. The van der Waals surface area contributed by atoms with Gasteiger partial charge >= 0.3 is 11.6 Å². The van der Waals surface area contributed by atoms with Crippen molar-refractivity contribution < 1.29 is 32.6 Å². The van der Waals surface area contributed by atoms with Crippen molar-refractivity contribution in [1.29, 1.82) is 0 Å². The molecule has 0 atom stereocenters. The molecule has 2 aromatic heterocycles. The lowest BCUT2D eigenvalue weighted by Crippen LogP contribution is -2.27. The first kappa shape index (κ1) is 27.3. The number of fused-ring (bicyclic) bond motifs is 1. The van der Waals surface area contributed by atoms with E-state index >= 15 is 0 Å². The summed E-state index contributed by atoms with van der Waals surface area (Å²) in [5.41, 5.74) is -0.0488. The highest BCUT2D eigenvalue weighted by Gasteiger charge is 2.15. The lowest BCUT2D eigenvalue weighted by Gasteiger charge is -2.11.